The van der Waals surface area contributed by atoms with Crippen molar-refractivity contribution in [3.8, 4) is 0 Å². The lowest BCUT2D eigenvalue weighted by molar-refractivity contribution is 0.198. The van der Waals surface area contributed by atoms with E-state index in [0.29, 0.717) is 0 Å². The zero-order chi connectivity index (χ0) is 14.8. The molecule has 9 heteroatoms. The summed E-state index contributed by atoms with van der Waals surface area (Å²) in [7, 11) is -7.86. The molecule has 6 nitrogen and oxygen atoms in total. The fraction of sp³-hybridized carbons (Fsp3) is 0.400. The van der Waals surface area contributed by atoms with Crippen LogP contribution in [0.5, 0.6) is 0 Å². The van der Waals surface area contributed by atoms with Crippen LogP contribution in [0.3, 0.4) is 0 Å². The van der Waals surface area contributed by atoms with Gasteiger partial charge in [0.2, 0.25) is 10.0 Å². The van der Waals surface area contributed by atoms with Crippen molar-refractivity contribution in [2.45, 2.75) is 22.8 Å². The normalized spacial score (nSPS) is 14.3. The largest absolute Gasteiger partial charge is 0.392 e. The minimum Gasteiger partial charge on any atom is -0.392 e. The Morgan fingerprint density at radius 1 is 1.32 bits per heavy atom. The van der Waals surface area contributed by atoms with Crippen molar-refractivity contribution in [1.82, 2.24) is 4.72 Å². The summed E-state index contributed by atoms with van der Waals surface area (Å²) in [4.78, 5) is -1.07. The van der Waals surface area contributed by atoms with Crippen molar-refractivity contribution in [2.24, 2.45) is 0 Å². The summed E-state index contributed by atoms with van der Waals surface area (Å²) in [6, 6.07) is 2.50. The molecule has 0 radical (unpaired) electrons. The summed E-state index contributed by atoms with van der Waals surface area (Å²) >= 11 is 0. The van der Waals surface area contributed by atoms with E-state index in [1.54, 1.807) is 0 Å². The van der Waals surface area contributed by atoms with Crippen LogP contribution in [-0.4, -0.2) is 40.8 Å². The van der Waals surface area contributed by atoms with Gasteiger partial charge in [-0.25, -0.2) is 25.9 Å². The molecule has 1 rings (SSSR count). The van der Waals surface area contributed by atoms with Crippen molar-refractivity contribution in [3.05, 3.63) is 24.0 Å². The van der Waals surface area contributed by atoms with E-state index in [2.05, 4.69) is 0 Å². The van der Waals surface area contributed by atoms with Gasteiger partial charge in [0.1, 0.15) is 10.7 Å². The van der Waals surface area contributed by atoms with Gasteiger partial charge >= 0.3 is 0 Å². The molecule has 0 amide bonds. The van der Waals surface area contributed by atoms with Crippen molar-refractivity contribution >= 4 is 19.9 Å². The Morgan fingerprint density at radius 2 is 1.89 bits per heavy atom. The number of halogens is 1. The van der Waals surface area contributed by atoms with Gasteiger partial charge in [-0.3, -0.25) is 0 Å². The Morgan fingerprint density at radius 3 is 2.37 bits per heavy atom. The zero-order valence-corrected chi connectivity index (χ0v) is 11.9. The Labute approximate surface area is 111 Å². The number of aliphatic hydroxyl groups excluding tert-OH is 1. The van der Waals surface area contributed by atoms with Gasteiger partial charge in [0.05, 0.1) is 11.0 Å². The van der Waals surface area contributed by atoms with Gasteiger partial charge in [-0.1, -0.05) is 0 Å². The maximum atomic E-state index is 13.5. The average Bonchev–Trinajstić information content (AvgIpc) is 2.25. The van der Waals surface area contributed by atoms with E-state index in [1.165, 1.54) is 6.92 Å². The molecule has 0 spiro atoms. The number of hydrogen-bond acceptors (Lipinski definition) is 5. The summed E-state index contributed by atoms with van der Waals surface area (Å²) in [6.45, 7) is 1.05. The third-order valence-electron chi connectivity index (χ3n) is 2.19. The fourth-order valence-electron chi connectivity index (χ4n) is 1.23. The van der Waals surface area contributed by atoms with E-state index in [9.17, 15) is 21.2 Å². The Balaban J connectivity index is 3.27. The van der Waals surface area contributed by atoms with Crippen LogP contribution in [0.15, 0.2) is 28.0 Å². The van der Waals surface area contributed by atoms with E-state index in [0.717, 1.165) is 24.5 Å². The first-order valence-corrected chi connectivity index (χ1v) is 8.59. The van der Waals surface area contributed by atoms with Crippen LogP contribution >= 0.6 is 0 Å². The number of nitrogens with one attached hydrogen (secondary N) is 1. The van der Waals surface area contributed by atoms with E-state index in [-0.39, 0.29) is 11.4 Å². The predicted molar refractivity (Wildman–Crippen MR) is 66.4 cm³/mol. The summed E-state index contributed by atoms with van der Waals surface area (Å²) in [6.07, 6.45) is -0.0595. The molecule has 108 valence electrons. The van der Waals surface area contributed by atoms with Gasteiger partial charge in [0, 0.05) is 12.8 Å². The van der Waals surface area contributed by atoms with Crippen molar-refractivity contribution < 1.29 is 26.3 Å². The van der Waals surface area contributed by atoms with Crippen molar-refractivity contribution in [3.63, 3.8) is 0 Å². The van der Waals surface area contributed by atoms with E-state index >= 15 is 0 Å². The molecule has 1 aromatic carbocycles. The SMILES string of the molecule is C[C@@H](O)CNS(=O)(=O)c1cc(S(C)(=O)=O)ccc1F. The summed E-state index contributed by atoms with van der Waals surface area (Å²) in [5.41, 5.74) is 0. The second-order valence-corrected chi connectivity index (χ2v) is 7.82. The maximum Gasteiger partial charge on any atom is 0.243 e. The van der Waals surface area contributed by atoms with Crippen LogP contribution in [0.4, 0.5) is 4.39 Å². The quantitative estimate of drug-likeness (QED) is 0.739. The number of sulfone groups is 1. The molecule has 0 saturated heterocycles. The summed E-state index contributed by atoms with van der Waals surface area (Å²) in [5, 5.41) is 9.00. The monoisotopic (exact) mass is 311 g/mol. The molecule has 1 aromatic rings. The Hall–Kier alpha value is -1.03. The summed E-state index contributed by atoms with van der Waals surface area (Å²) < 4.78 is 61.7. The molecule has 2 N–H and O–H groups in total. The fourth-order valence-corrected chi connectivity index (χ4v) is 3.17. The molecule has 1 atom stereocenters. The van der Waals surface area contributed by atoms with Crippen LogP contribution in [0.2, 0.25) is 0 Å². The first-order valence-electron chi connectivity index (χ1n) is 5.21. The van der Waals surface area contributed by atoms with Gasteiger partial charge in [0.15, 0.2) is 9.84 Å². The molecule has 0 unspecified atom stereocenters. The van der Waals surface area contributed by atoms with Gasteiger partial charge < -0.3 is 5.11 Å². The lowest BCUT2D eigenvalue weighted by Crippen LogP contribution is -2.31. The predicted octanol–water partition coefficient (Wildman–Crippen LogP) is -0.112. The van der Waals surface area contributed by atoms with Crippen LogP contribution in [0, 0.1) is 5.82 Å². The molecule has 0 aliphatic heterocycles. The molecule has 0 bridgehead atoms. The molecule has 0 saturated carbocycles. The smallest absolute Gasteiger partial charge is 0.243 e. The van der Waals surface area contributed by atoms with Crippen LogP contribution in [-0.2, 0) is 19.9 Å². The van der Waals surface area contributed by atoms with Crippen LogP contribution in [0.1, 0.15) is 6.92 Å². The zero-order valence-electron chi connectivity index (χ0n) is 10.3. The molecule has 0 aliphatic carbocycles. The molecular weight excluding hydrogens is 297 g/mol. The molecule has 0 aliphatic rings. The number of hydrogen-bond donors (Lipinski definition) is 2. The number of benzene rings is 1. The van der Waals surface area contributed by atoms with Gasteiger partial charge in [0.25, 0.3) is 0 Å². The standard InChI is InChI=1S/C10H14FNO5S2/c1-7(13)6-12-19(16,17)10-5-8(18(2,14)15)3-4-9(10)11/h3-5,7,12-13H,6H2,1-2H3/t7-/m1/s1. The lowest BCUT2D eigenvalue weighted by atomic mass is 10.3. The Bertz CT molecular complexity index is 667. The maximum absolute atomic E-state index is 13.5. The topological polar surface area (TPSA) is 101 Å². The molecule has 0 heterocycles. The second-order valence-electron chi connectivity index (χ2n) is 4.07. The highest BCUT2D eigenvalue weighted by atomic mass is 32.2. The van der Waals surface area contributed by atoms with Gasteiger partial charge in [-0.05, 0) is 25.1 Å². The summed E-state index contributed by atoms with van der Waals surface area (Å²) in [5.74, 6) is -1.06. The van der Waals surface area contributed by atoms with Crippen LogP contribution in [0.25, 0.3) is 0 Å². The van der Waals surface area contributed by atoms with E-state index < -0.39 is 36.7 Å². The molecule has 19 heavy (non-hydrogen) atoms. The highest BCUT2D eigenvalue weighted by molar-refractivity contribution is 7.91. The third kappa shape index (κ3) is 4.23. The highest BCUT2D eigenvalue weighted by Gasteiger charge is 2.22. The number of aliphatic hydroxyl groups is 1. The first kappa shape index (κ1) is 16.0. The molecular formula is C10H14FNO5S2. The Kier molecular flexibility index (Phi) is 4.67. The third-order valence-corrected chi connectivity index (χ3v) is 4.74. The lowest BCUT2D eigenvalue weighted by Gasteiger charge is -2.10. The molecule has 0 aromatic heterocycles. The number of rotatable bonds is 5. The second kappa shape index (κ2) is 5.53. The van der Waals surface area contributed by atoms with E-state index in [4.69, 9.17) is 5.11 Å². The first-order chi connectivity index (χ1) is 8.54. The highest BCUT2D eigenvalue weighted by Crippen LogP contribution is 2.19. The van der Waals surface area contributed by atoms with Gasteiger partial charge in [-0.15, -0.1) is 0 Å². The number of sulfonamides is 1. The molecule has 0 fully saturated rings. The van der Waals surface area contributed by atoms with Crippen molar-refractivity contribution in [1.29, 1.82) is 0 Å². The van der Waals surface area contributed by atoms with Crippen LogP contribution < -0.4 is 4.72 Å². The van der Waals surface area contributed by atoms with E-state index in [1.807, 2.05) is 4.72 Å². The van der Waals surface area contributed by atoms with Crippen molar-refractivity contribution in [2.75, 3.05) is 12.8 Å². The van der Waals surface area contributed by atoms with Gasteiger partial charge in [-0.2, -0.15) is 0 Å². The average molecular weight is 311 g/mol. The minimum atomic E-state index is -4.22. The minimum absolute atomic E-state index is 0.300.